The van der Waals surface area contributed by atoms with Crippen LogP contribution in [0.25, 0.3) is 0 Å². The minimum Gasteiger partial charge on any atom is -0.343 e. The van der Waals surface area contributed by atoms with Crippen molar-refractivity contribution in [3.05, 3.63) is 0 Å². The van der Waals surface area contributed by atoms with Gasteiger partial charge in [-0.25, -0.2) is 5.32 Å². The van der Waals surface area contributed by atoms with Gasteiger partial charge >= 0.3 is 0 Å². The number of nitrogens with zero attached hydrogens (tertiary/aromatic N) is 3. The number of rotatable bonds is 7. The number of piperazine rings is 1. The summed E-state index contributed by atoms with van der Waals surface area (Å²) in [7, 11) is 0. The fourth-order valence-corrected chi connectivity index (χ4v) is 2.96. The van der Waals surface area contributed by atoms with Gasteiger partial charge in [0.2, 0.25) is 5.91 Å². The molecule has 1 amide bonds. The van der Waals surface area contributed by atoms with Crippen molar-refractivity contribution in [2.75, 3.05) is 45.8 Å². The number of carbonyl (C=O) groups excluding carboxylic acids is 1. The third kappa shape index (κ3) is 5.49. The summed E-state index contributed by atoms with van der Waals surface area (Å²) in [5.74, 6) is 0.384. The molecule has 2 saturated heterocycles. The van der Waals surface area contributed by atoms with E-state index in [1.807, 2.05) is 4.90 Å². The van der Waals surface area contributed by atoms with Crippen molar-refractivity contribution in [1.82, 2.24) is 15.1 Å². The van der Waals surface area contributed by atoms with Crippen LogP contribution >= 0.6 is 0 Å². The molecule has 2 heterocycles. The van der Waals surface area contributed by atoms with Crippen molar-refractivity contribution in [1.29, 1.82) is 0 Å². The topological polar surface area (TPSA) is 37.7 Å². The number of likely N-dealkylation sites (tertiary alicyclic amines) is 1. The Hall–Kier alpha value is -0.610. The summed E-state index contributed by atoms with van der Waals surface area (Å²) in [6.07, 6.45) is 7.99. The SMILES string of the molecule is O=C(CCCCCCN1CC[N]CC1)N1CCCC1. The summed E-state index contributed by atoms with van der Waals surface area (Å²) in [6, 6.07) is 0. The average molecular weight is 266 g/mol. The first-order chi connectivity index (χ1) is 9.36. The highest BCUT2D eigenvalue weighted by Gasteiger charge is 2.16. The first-order valence-electron chi connectivity index (χ1n) is 7.99. The second kappa shape index (κ2) is 8.54. The van der Waals surface area contributed by atoms with E-state index in [1.165, 1.54) is 38.6 Å². The Kier molecular flexibility index (Phi) is 6.65. The molecule has 0 unspecified atom stereocenters. The molecule has 0 bridgehead atoms. The van der Waals surface area contributed by atoms with Gasteiger partial charge in [0.1, 0.15) is 0 Å². The Morgan fingerprint density at radius 1 is 0.895 bits per heavy atom. The summed E-state index contributed by atoms with van der Waals surface area (Å²) < 4.78 is 0. The average Bonchev–Trinajstić information content (AvgIpc) is 2.98. The van der Waals surface area contributed by atoms with Crippen LogP contribution in [0.1, 0.15) is 44.9 Å². The molecule has 1 radical (unpaired) electrons. The van der Waals surface area contributed by atoms with Crippen molar-refractivity contribution < 1.29 is 4.79 Å². The molecule has 0 N–H and O–H groups in total. The Labute approximate surface area is 117 Å². The molecule has 2 aliphatic heterocycles. The van der Waals surface area contributed by atoms with Crippen molar-refractivity contribution in [2.45, 2.75) is 44.9 Å². The predicted octanol–water partition coefficient (Wildman–Crippen LogP) is 1.48. The normalized spacial score (nSPS) is 20.9. The molecule has 109 valence electrons. The van der Waals surface area contributed by atoms with Crippen LogP contribution < -0.4 is 5.32 Å². The molecular weight excluding hydrogens is 238 g/mol. The Bertz CT molecular complexity index is 258. The van der Waals surface area contributed by atoms with Crippen LogP contribution in [0.15, 0.2) is 0 Å². The third-order valence-electron chi connectivity index (χ3n) is 4.22. The number of unbranched alkanes of at least 4 members (excludes halogenated alkanes) is 3. The highest BCUT2D eigenvalue weighted by molar-refractivity contribution is 5.76. The Morgan fingerprint density at radius 3 is 2.32 bits per heavy atom. The lowest BCUT2D eigenvalue weighted by molar-refractivity contribution is -0.130. The lowest BCUT2D eigenvalue weighted by atomic mass is 10.1. The minimum absolute atomic E-state index is 0.384. The molecule has 0 aromatic heterocycles. The van der Waals surface area contributed by atoms with E-state index in [9.17, 15) is 4.79 Å². The van der Waals surface area contributed by atoms with Crippen LogP contribution in [0.5, 0.6) is 0 Å². The maximum Gasteiger partial charge on any atom is 0.222 e. The highest BCUT2D eigenvalue weighted by atomic mass is 16.2. The largest absolute Gasteiger partial charge is 0.343 e. The molecule has 4 nitrogen and oxygen atoms in total. The van der Waals surface area contributed by atoms with E-state index in [0.717, 1.165) is 52.1 Å². The summed E-state index contributed by atoms with van der Waals surface area (Å²) in [4.78, 5) is 16.4. The molecular formula is C15H28N3O. The van der Waals surface area contributed by atoms with E-state index in [-0.39, 0.29) is 0 Å². The van der Waals surface area contributed by atoms with E-state index in [2.05, 4.69) is 10.2 Å². The van der Waals surface area contributed by atoms with Crippen LogP contribution in [0.4, 0.5) is 0 Å². The standard InChI is InChI=1S/C15H28N3O/c19-15(18-11-5-6-12-18)7-3-1-2-4-10-17-13-8-16-9-14-17/h1-14H2. The fraction of sp³-hybridized carbons (Fsp3) is 0.933. The summed E-state index contributed by atoms with van der Waals surface area (Å²) in [5.41, 5.74) is 0. The van der Waals surface area contributed by atoms with Crippen LogP contribution in [0.3, 0.4) is 0 Å². The maximum absolute atomic E-state index is 11.8. The molecule has 0 spiro atoms. The molecule has 19 heavy (non-hydrogen) atoms. The highest BCUT2D eigenvalue weighted by Crippen LogP contribution is 2.12. The van der Waals surface area contributed by atoms with E-state index >= 15 is 0 Å². The fourth-order valence-electron chi connectivity index (χ4n) is 2.96. The zero-order valence-corrected chi connectivity index (χ0v) is 12.1. The second-order valence-electron chi connectivity index (χ2n) is 5.76. The van der Waals surface area contributed by atoms with Gasteiger partial charge in [-0.2, -0.15) is 0 Å². The van der Waals surface area contributed by atoms with Gasteiger partial charge < -0.3 is 9.80 Å². The smallest absolute Gasteiger partial charge is 0.222 e. The van der Waals surface area contributed by atoms with Gasteiger partial charge in [-0.05, 0) is 32.2 Å². The molecule has 0 aromatic rings. The molecule has 0 atom stereocenters. The lowest BCUT2D eigenvalue weighted by Crippen LogP contribution is -2.40. The second-order valence-corrected chi connectivity index (χ2v) is 5.76. The van der Waals surface area contributed by atoms with Crippen LogP contribution in [0, 0.1) is 0 Å². The minimum atomic E-state index is 0.384. The Balaban J connectivity index is 1.42. The van der Waals surface area contributed by atoms with Gasteiger partial charge in [0.15, 0.2) is 0 Å². The van der Waals surface area contributed by atoms with Crippen molar-refractivity contribution in [2.24, 2.45) is 0 Å². The number of hydrogen-bond donors (Lipinski definition) is 0. The van der Waals surface area contributed by atoms with E-state index in [1.54, 1.807) is 0 Å². The van der Waals surface area contributed by atoms with Crippen molar-refractivity contribution in [3.8, 4) is 0 Å². The lowest BCUT2D eigenvalue weighted by Gasteiger charge is -2.26. The molecule has 4 heteroatoms. The predicted molar refractivity (Wildman–Crippen MR) is 77.2 cm³/mol. The Morgan fingerprint density at radius 2 is 1.58 bits per heavy atom. The summed E-state index contributed by atoms with van der Waals surface area (Å²) >= 11 is 0. The monoisotopic (exact) mass is 266 g/mol. The molecule has 2 rings (SSSR count). The van der Waals surface area contributed by atoms with E-state index in [0.29, 0.717) is 5.91 Å². The van der Waals surface area contributed by atoms with Crippen molar-refractivity contribution in [3.63, 3.8) is 0 Å². The first kappa shape index (κ1) is 14.8. The van der Waals surface area contributed by atoms with Gasteiger partial charge in [0.05, 0.1) is 0 Å². The van der Waals surface area contributed by atoms with E-state index < -0.39 is 0 Å². The molecule has 2 aliphatic rings. The molecule has 0 aliphatic carbocycles. The van der Waals surface area contributed by atoms with Gasteiger partial charge in [0.25, 0.3) is 0 Å². The summed E-state index contributed by atoms with van der Waals surface area (Å²) in [5, 5.41) is 4.36. The summed E-state index contributed by atoms with van der Waals surface area (Å²) in [6.45, 7) is 7.54. The first-order valence-corrected chi connectivity index (χ1v) is 7.99. The molecule has 2 fully saturated rings. The van der Waals surface area contributed by atoms with Crippen LogP contribution in [-0.2, 0) is 4.79 Å². The zero-order valence-electron chi connectivity index (χ0n) is 12.1. The van der Waals surface area contributed by atoms with Gasteiger partial charge in [-0.15, -0.1) is 0 Å². The molecule has 0 aromatic carbocycles. The number of hydrogen-bond acceptors (Lipinski definition) is 2. The van der Waals surface area contributed by atoms with Gasteiger partial charge in [0, 0.05) is 45.7 Å². The van der Waals surface area contributed by atoms with E-state index in [4.69, 9.17) is 0 Å². The zero-order chi connectivity index (χ0) is 13.3. The van der Waals surface area contributed by atoms with Gasteiger partial charge in [-0.1, -0.05) is 12.8 Å². The number of amides is 1. The third-order valence-corrected chi connectivity index (χ3v) is 4.22. The van der Waals surface area contributed by atoms with Crippen LogP contribution in [0.2, 0.25) is 0 Å². The van der Waals surface area contributed by atoms with Crippen molar-refractivity contribution >= 4 is 5.91 Å². The quantitative estimate of drug-likeness (QED) is 0.655. The number of carbonyl (C=O) groups is 1. The van der Waals surface area contributed by atoms with Gasteiger partial charge in [-0.3, -0.25) is 4.79 Å². The van der Waals surface area contributed by atoms with Crippen LogP contribution in [-0.4, -0.2) is 61.5 Å². The maximum atomic E-state index is 11.8. The molecule has 0 saturated carbocycles.